The van der Waals surface area contributed by atoms with Crippen molar-refractivity contribution < 1.29 is 28.9 Å². The second-order valence-electron chi connectivity index (χ2n) is 15.4. The molecule has 0 unspecified atom stereocenters. The molecule has 0 atom stereocenters. The van der Waals surface area contributed by atoms with Gasteiger partial charge in [-0.25, -0.2) is 4.39 Å². The standard InChI is InChI=1S/C43H35N2O.C11H7FN.Ir/c1-27(2)36-24-32(30-16-9-6-10-17-30)25-37(28(3)4)41(36)45-39-21-12-11-20-38(39)44-43(45)35-19-13-18-34-33-23-22-31(26-40(33)46-42(34)35)29-14-7-5-8-15-29;12-10-6-7-11(13-8-10)9-4-2-1-3-5-9;/h5-18,20-28H,1-4H3;1-4,6-8H;/q2*-1;. The van der Waals surface area contributed by atoms with Crippen LogP contribution in [0.1, 0.15) is 50.7 Å². The molecular weight excluding hydrogens is 918 g/mol. The Morgan fingerprint density at radius 1 is 0.600 bits per heavy atom. The summed E-state index contributed by atoms with van der Waals surface area (Å²) in [7, 11) is 0. The van der Waals surface area contributed by atoms with Gasteiger partial charge in [0.1, 0.15) is 11.4 Å². The zero-order valence-corrected chi connectivity index (χ0v) is 36.2. The van der Waals surface area contributed by atoms with E-state index in [0.717, 1.165) is 61.2 Å². The van der Waals surface area contributed by atoms with Gasteiger partial charge in [-0.3, -0.25) is 4.98 Å². The number of hydrogen-bond acceptors (Lipinski definition) is 3. The number of hydrogen-bond donors (Lipinski definition) is 0. The van der Waals surface area contributed by atoms with E-state index in [1.165, 1.54) is 45.8 Å². The summed E-state index contributed by atoms with van der Waals surface area (Å²) < 4.78 is 21.6. The monoisotopic (exact) mass is 960 g/mol. The quantitative estimate of drug-likeness (QED) is 0.150. The first kappa shape index (κ1) is 40.3. The third kappa shape index (κ3) is 7.85. The molecule has 3 aromatic heterocycles. The predicted octanol–water partition coefficient (Wildman–Crippen LogP) is 14.7. The van der Waals surface area contributed by atoms with E-state index in [4.69, 9.17) is 9.40 Å². The molecule has 0 saturated heterocycles. The van der Waals surface area contributed by atoms with Gasteiger partial charge >= 0.3 is 0 Å². The Balaban J connectivity index is 0.000000304. The number of imidazole rings is 1. The maximum atomic E-state index is 12.5. The molecule has 0 aliphatic rings. The van der Waals surface area contributed by atoms with E-state index in [1.54, 1.807) is 12.1 Å². The first-order chi connectivity index (χ1) is 28.8. The van der Waals surface area contributed by atoms with Gasteiger partial charge in [0.05, 0.1) is 28.6 Å². The van der Waals surface area contributed by atoms with Crippen molar-refractivity contribution in [3.05, 3.63) is 199 Å². The summed E-state index contributed by atoms with van der Waals surface area (Å²) in [6.45, 7) is 9.14. The second-order valence-corrected chi connectivity index (χ2v) is 15.4. The average molecular weight is 960 g/mol. The largest absolute Gasteiger partial charge is 0.501 e. The molecule has 0 amide bonds. The number of furan rings is 1. The Morgan fingerprint density at radius 3 is 1.92 bits per heavy atom. The van der Waals surface area contributed by atoms with E-state index >= 15 is 0 Å². The van der Waals surface area contributed by atoms with Gasteiger partial charge < -0.3 is 14.0 Å². The first-order valence-electron chi connectivity index (χ1n) is 20.1. The summed E-state index contributed by atoms with van der Waals surface area (Å²) in [5.41, 5.74) is 14.7. The van der Waals surface area contributed by atoms with Crippen LogP contribution in [0.2, 0.25) is 0 Å². The minimum atomic E-state index is -0.320. The number of aromatic nitrogens is 3. The van der Waals surface area contributed by atoms with Crippen LogP contribution in [0.5, 0.6) is 0 Å². The van der Waals surface area contributed by atoms with E-state index in [-0.39, 0.29) is 37.8 Å². The molecule has 6 heteroatoms. The van der Waals surface area contributed by atoms with Crippen molar-refractivity contribution in [1.82, 2.24) is 14.5 Å². The van der Waals surface area contributed by atoms with Gasteiger partial charge in [-0.2, -0.15) is 0 Å². The van der Waals surface area contributed by atoms with Gasteiger partial charge in [-0.15, -0.1) is 54.1 Å². The van der Waals surface area contributed by atoms with Crippen LogP contribution in [-0.4, -0.2) is 14.5 Å². The normalized spacial score (nSPS) is 11.2. The van der Waals surface area contributed by atoms with Crippen molar-refractivity contribution in [1.29, 1.82) is 0 Å². The molecule has 0 saturated carbocycles. The summed E-state index contributed by atoms with van der Waals surface area (Å²) >= 11 is 0. The summed E-state index contributed by atoms with van der Waals surface area (Å²) in [5, 5.41) is 2.15. The summed E-state index contributed by atoms with van der Waals surface area (Å²) in [4.78, 5) is 9.24. The van der Waals surface area contributed by atoms with Crippen LogP contribution in [0.25, 0.3) is 83.6 Å². The smallest absolute Gasteiger partial charge is 0.139 e. The molecule has 0 bridgehead atoms. The van der Waals surface area contributed by atoms with Gasteiger partial charge in [0.15, 0.2) is 0 Å². The van der Waals surface area contributed by atoms with Gasteiger partial charge in [0.25, 0.3) is 0 Å². The molecule has 3 heterocycles. The number of nitrogens with zero attached hydrogens (tertiary/aromatic N) is 3. The maximum Gasteiger partial charge on any atom is 0.139 e. The van der Waals surface area contributed by atoms with Crippen LogP contribution in [0.4, 0.5) is 4.39 Å². The maximum absolute atomic E-state index is 12.5. The van der Waals surface area contributed by atoms with Crippen LogP contribution >= 0.6 is 0 Å². The molecule has 0 N–H and O–H groups in total. The minimum absolute atomic E-state index is 0. The number of para-hydroxylation sites is 2. The molecule has 10 rings (SSSR count). The molecule has 1 radical (unpaired) electrons. The van der Waals surface area contributed by atoms with E-state index < -0.39 is 0 Å². The van der Waals surface area contributed by atoms with Crippen molar-refractivity contribution in [2.75, 3.05) is 0 Å². The molecule has 0 fully saturated rings. The minimum Gasteiger partial charge on any atom is -0.501 e. The fraction of sp³-hybridized carbons (Fsp3) is 0.111. The van der Waals surface area contributed by atoms with E-state index in [9.17, 15) is 4.39 Å². The van der Waals surface area contributed by atoms with Gasteiger partial charge in [0.2, 0.25) is 0 Å². The van der Waals surface area contributed by atoms with Crippen LogP contribution in [0.3, 0.4) is 0 Å². The number of pyridine rings is 1. The fourth-order valence-corrected chi connectivity index (χ4v) is 7.84. The summed E-state index contributed by atoms with van der Waals surface area (Å²) in [6.07, 6.45) is 1.20. The Morgan fingerprint density at radius 2 is 1.27 bits per heavy atom. The predicted molar refractivity (Wildman–Crippen MR) is 240 cm³/mol. The zero-order valence-electron chi connectivity index (χ0n) is 33.8. The molecule has 4 nitrogen and oxygen atoms in total. The van der Waals surface area contributed by atoms with Crippen molar-refractivity contribution in [2.45, 2.75) is 39.5 Å². The van der Waals surface area contributed by atoms with E-state index in [0.29, 0.717) is 0 Å². The molecule has 0 spiro atoms. The average Bonchev–Trinajstić information content (AvgIpc) is 3.86. The summed E-state index contributed by atoms with van der Waals surface area (Å²) in [5.74, 6) is 1.09. The second kappa shape index (κ2) is 17.4. The summed E-state index contributed by atoms with van der Waals surface area (Å²) in [6, 6.07) is 62.0. The Bertz CT molecular complexity index is 3020. The number of halogens is 1. The van der Waals surface area contributed by atoms with Gasteiger partial charge in [-0.05, 0) is 87.3 Å². The van der Waals surface area contributed by atoms with Crippen LogP contribution < -0.4 is 0 Å². The molecule has 60 heavy (non-hydrogen) atoms. The van der Waals surface area contributed by atoms with Crippen LogP contribution in [0.15, 0.2) is 174 Å². The third-order valence-corrected chi connectivity index (χ3v) is 10.8. The third-order valence-electron chi connectivity index (χ3n) is 10.8. The van der Waals surface area contributed by atoms with E-state index in [1.807, 2.05) is 30.3 Å². The fourth-order valence-electron chi connectivity index (χ4n) is 7.84. The Labute approximate surface area is 363 Å². The SMILES string of the molecule is CC(C)c1cc(-c2ccccc2)cc(C(C)C)c1-n1c(-c2[c-]ccc3c2oc2cc(-c4ccccc4)ccc23)nc2ccccc21.Fc1ccc(-c2[c-]cccc2)nc1.[Ir]. The van der Waals surface area contributed by atoms with Crippen LogP contribution in [0, 0.1) is 17.9 Å². The van der Waals surface area contributed by atoms with E-state index in [2.05, 4.69) is 165 Å². The van der Waals surface area contributed by atoms with Gasteiger partial charge in [0, 0.05) is 31.2 Å². The van der Waals surface area contributed by atoms with Gasteiger partial charge in [-0.1, -0.05) is 130 Å². The first-order valence-corrected chi connectivity index (χ1v) is 20.1. The number of fused-ring (bicyclic) bond motifs is 4. The van der Waals surface area contributed by atoms with Crippen molar-refractivity contribution in [2.24, 2.45) is 0 Å². The Hall–Kier alpha value is -6.46. The van der Waals surface area contributed by atoms with Crippen molar-refractivity contribution >= 4 is 33.0 Å². The zero-order chi connectivity index (χ0) is 40.5. The molecule has 297 valence electrons. The van der Waals surface area contributed by atoms with Crippen LogP contribution in [-0.2, 0) is 20.1 Å². The molecular formula is C54H42FIrN3O-2. The molecule has 0 aliphatic heterocycles. The topological polar surface area (TPSA) is 43.9 Å². The molecule has 0 aliphatic carbocycles. The van der Waals surface area contributed by atoms with Crippen molar-refractivity contribution in [3.63, 3.8) is 0 Å². The van der Waals surface area contributed by atoms with Crippen molar-refractivity contribution in [3.8, 4) is 50.6 Å². The molecule has 7 aromatic carbocycles. The number of benzene rings is 7. The molecule has 10 aromatic rings. The Kier molecular flexibility index (Phi) is 11.7. The number of rotatable bonds is 7.